The van der Waals surface area contributed by atoms with Gasteiger partial charge in [-0.3, -0.25) is 0 Å². The first-order valence-electron chi connectivity index (χ1n) is 6.25. The molecule has 0 saturated carbocycles. The van der Waals surface area contributed by atoms with E-state index in [1.165, 1.54) is 11.1 Å². The van der Waals surface area contributed by atoms with Crippen LogP contribution in [-0.2, 0) is 6.54 Å². The number of nitrogens with zero attached hydrogens (tertiary/aromatic N) is 2. The number of allylic oxidation sites excluding steroid dienone is 4. The van der Waals surface area contributed by atoms with E-state index in [0.29, 0.717) is 0 Å². The smallest absolute Gasteiger partial charge is 0.0954 e. The van der Waals surface area contributed by atoms with Crippen molar-refractivity contribution >= 4 is 5.57 Å². The Morgan fingerprint density at radius 1 is 1.42 bits per heavy atom. The number of rotatable bonds is 5. The standard InChI is InChI=1S/C17H18N2/c1-4-5-8-15(3)17-11-18-13-19(17)12-16-9-6-7-14(2)10-16/h4-11,13H,1,3,12H2,2H3/b8-5-. The molecule has 2 nitrogen and oxygen atoms in total. The molecule has 0 aliphatic carbocycles. The summed E-state index contributed by atoms with van der Waals surface area (Å²) in [5.41, 5.74) is 4.49. The zero-order valence-corrected chi connectivity index (χ0v) is 11.2. The molecule has 96 valence electrons. The molecule has 0 fully saturated rings. The lowest BCUT2D eigenvalue weighted by atomic mass is 10.1. The van der Waals surface area contributed by atoms with Crippen LogP contribution in [0.3, 0.4) is 0 Å². The van der Waals surface area contributed by atoms with Gasteiger partial charge in [-0.05, 0) is 18.1 Å². The molecule has 0 radical (unpaired) electrons. The Bertz CT molecular complexity index is 618. The Balaban J connectivity index is 2.22. The highest BCUT2D eigenvalue weighted by Crippen LogP contribution is 2.15. The molecule has 2 heteroatoms. The Labute approximate surface area is 114 Å². The van der Waals surface area contributed by atoms with Gasteiger partial charge in [0.25, 0.3) is 0 Å². The summed E-state index contributed by atoms with van der Waals surface area (Å²) in [7, 11) is 0. The zero-order valence-electron chi connectivity index (χ0n) is 11.2. The third kappa shape index (κ3) is 3.32. The van der Waals surface area contributed by atoms with Crippen molar-refractivity contribution in [3.8, 4) is 0 Å². The fourth-order valence-electron chi connectivity index (χ4n) is 1.99. The maximum Gasteiger partial charge on any atom is 0.0954 e. The van der Waals surface area contributed by atoms with Crippen LogP contribution in [0.25, 0.3) is 5.57 Å². The predicted molar refractivity (Wildman–Crippen MR) is 80.9 cm³/mol. The summed E-state index contributed by atoms with van der Waals surface area (Å²) < 4.78 is 2.10. The topological polar surface area (TPSA) is 17.8 Å². The van der Waals surface area contributed by atoms with Gasteiger partial charge in [-0.1, -0.05) is 61.2 Å². The van der Waals surface area contributed by atoms with E-state index in [1.54, 1.807) is 6.08 Å². The van der Waals surface area contributed by atoms with Crippen LogP contribution in [0.1, 0.15) is 16.8 Å². The minimum Gasteiger partial charge on any atom is -0.326 e. The van der Waals surface area contributed by atoms with Crippen LogP contribution in [0, 0.1) is 6.92 Å². The summed E-state index contributed by atoms with van der Waals surface area (Å²) in [4.78, 5) is 4.21. The average molecular weight is 250 g/mol. The summed E-state index contributed by atoms with van der Waals surface area (Å²) in [6.45, 7) is 10.6. The molecule has 1 aromatic carbocycles. The molecule has 2 rings (SSSR count). The Hall–Kier alpha value is -2.35. The number of imidazole rings is 1. The van der Waals surface area contributed by atoms with Crippen molar-refractivity contribution in [2.75, 3.05) is 0 Å². The molecule has 0 bridgehead atoms. The molecule has 2 aromatic rings. The van der Waals surface area contributed by atoms with E-state index in [0.717, 1.165) is 17.8 Å². The molecule has 19 heavy (non-hydrogen) atoms. The molecule has 1 heterocycles. The van der Waals surface area contributed by atoms with Crippen LogP contribution in [0.5, 0.6) is 0 Å². The first kappa shape index (κ1) is 13.1. The zero-order chi connectivity index (χ0) is 13.7. The van der Waals surface area contributed by atoms with Crippen molar-refractivity contribution in [3.05, 3.63) is 85.0 Å². The van der Waals surface area contributed by atoms with Crippen LogP contribution in [0.15, 0.2) is 68.2 Å². The van der Waals surface area contributed by atoms with Crippen LogP contribution in [0.4, 0.5) is 0 Å². The lowest BCUT2D eigenvalue weighted by Crippen LogP contribution is -2.02. The normalized spacial score (nSPS) is 10.8. The summed E-state index contributed by atoms with van der Waals surface area (Å²) in [5, 5.41) is 0. The fraction of sp³-hybridized carbons (Fsp3) is 0.118. The van der Waals surface area contributed by atoms with Crippen molar-refractivity contribution in [3.63, 3.8) is 0 Å². The Morgan fingerprint density at radius 3 is 3.00 bits per heavy atom. The molecule has 0 spiro atoms. The first-order valence-corrected chi connectivity index (χ1v) is 6.25. The van der Waals surface area contributed by atoms with Crippen LogP contribution in [0.2, 0.25) is 0 Å². The minimum absolute atomic E-state index is 0.804. The van der Waals surface area contributed by atoms with Gasteiger partial charge < -0.3 is 4.57 Å². The van der Waals surface area contributed by atoms with Gasteiger partial charge in [-0.15, -0.1) is 0 Å². The highest BCUT2D eigenvalue weighted by Gasteiger charge is 2.04. The van der Waals surface area contributed by atoms with Gasteiger partial charge in [0.05, 0.1) is 18.2 Å². The van der Waals surface area contributed by atoms with E-state index in [1.807, 2.05) is 24.7 Å². The molecule has 0 amide bonds. The summed E-state index contributed by atoms with van der Waals surface area (Å²) in [5.74, 6) is 0. The van der Waals surface area contributed by atoms with Crippen LogP contribution in [-0.4, -0.2) is 9.55 Å². The Kier molecular flexibility index (Phi) is 4.14. The number of aryl methyl sites for hydroxylation is 1. The third-order valence-electron chi connectivity index (χ3n) is 2.91. The predicted octanol–water partition coefficient (Wildman–Crippen LogP) is 4.00. The fourth-order valence-corrected chi connectivity index (χ4v) is 1.99. The largest absolute Gasteiger partial charge is 0.326 e. The lowest BCUT2D eigenvalue weighted by molar-refractivity contribution is 0.786. The van der Waals surface area contributed by atoms with Gasteiger partial charge in [-0.25, -0.2) is 4.98 Å². The van der Waals surface area contributed by atoms with Gasteiger partial charge in [0, 0.05) is 6.54 Å². The molecular weight excluding hydrogens is 232 g/mol. The summed E-state index contributed by atoms with van der Waals surface area (Å²) in [6.07, 6.45) is 9.24. The van der Waals surface area contributed by atoms with Crippen molar-refractivity contribution < 1.29 is 0 Å². The molecule has 1 aromatic heterocycles. The van der Waals surface area contributed by atoms with Crippen molar-refractivity contribution in [2.45, 2.75) is 13.5 Å². The van der Waals surface area contributed by atoms with Crippen LogP contribution < -0.4 is 0 Å². The lowest BCUT2D eigenvalue weighted by Gasteiger charge is -2.08. The van der Waals surface area contributed by atoms with E-state index < -0.39 is 0 Å². The third-order valence-corrected chi connectivity index (χ3v) is 2.91. The van der Waals surface area contributed by atoms with E-state index in [-0.39, 0.29) is 0 Å². The number of hydrogen-bond donors (Lipinski definition) is 0. The number of benzene rings is 1. The van der Waals surface area contributed by atoms with Gasteiger partial charge in [0.2, 0.25) is 0 Å². The number of hydrogen-bond acceptors (Lipinski definition) is 1. The van der Waals surface area contributed by atoms with Crippen molar-refractivity contribution in [1.29, 1.82) is 0 Å². The maximum absolute atomic E-state index is 4.21. The van der Waals surface area contributed by atoms with E-state index in [9.17, 15) is 0 Å². The van der Waals surface area contributed by atoms with Gasteiger partial charge in [0.15, 0.2) is 0 Å². The van der Waals surface area contributed by atoms with Crippen molar-refractivity contribution in [1.82, 2.24) is 9.55 Å². The maximum atomic E-state index is 4.21. The second-order valence-corrected chi connectivity index (χ2v) is 4.52. The molecule has 0 aliphatic heterocycles. The molecule has 0 N–H and O–H groups in total. The van der Waals surface area contributed by atoms with Gasteiger partial charge in [-0.2, -0.15) is 0 Å². The van der Waals surface area contributed by atoms with E-state index in [4.69, 9.17) is 0 Å². The summed E-state index contributed by atoms with van der Waals surface area (Å²) >= 11 is 0. The highest BCUT2D eigenvalue weighted by molar-refractivity contribution is 5.69. The minimum atomic E-state index is 0.804. The van der Waals surface area contributed by atoms with E-state index in [2.05, 4.69) is 53.9 Å². The summed E-state index contributed by atoms with van der Waals surface area (Å²) in [6, 6.07) is 8.49. The van der Waals surface area contributed by atoms with Crippen molar-refractivity contribution in [2.24, 2.45) is 0 Å². The second-order valence-electron chi connectivity index (χ2n) is 4.52. The average Bonchev–Trinajstić information content (AvgIpc) is 2.84. The van der Waals surface area contributed by atoms with Crippen LogP contribution >= 0.6 is 0 Å². The first-order chi connectivity index (χ1) is 9.20. The molecule has 0 unspecified atom stereocenters. The quantitative estimate of drug-likeness (QED) is 0.733. The van der Waals surface area contributed by atoms with Gasteiger partial charge in [0.1, 0.15) is 0 Å². The second kappa shape index (κ2) is 6.01. The Morgan fingerprint density at radius 2 is 2.26 bits per heavy atom. The molecular formula is C17H18N2. The van der Waals surface area contributed by atoms with Gasteiger partial charge >= 0.3 is 0 Å². The van der Waals surface area contributed by atoms with E-state index >= 15 is 0 Å². The molecule has 0 atom stereocenters. The molecule has 0 saturated heterocycles. The molecule has 0 aliphatic rings. The SMILES string of the molecule is C=C/C=C\C(=C)c1cncn1Cc1cccc(C)c1. The highest BCUT2D eigenvalue weighted by atomic mass is 15.0. The monoisotopic (exact) mass is 250 g/mol. The number of aromatic nitrogens is 2.